The fourth-order valence-electron chi connectivity index (χ4n) is 1.56. The summed E-state index contributed by atoms with van der Waals surface area (Å²) < 4.78 is 13.1. The summed E-state index contributed by atoms with van der Waals surface area (Å²) in [5.74, 6) is -2.59. The monoisotopic (exact) mass is 284 g/mol. The largest absolute Gasteiger partial charge is 0.481 e. The zero-order valence-corrected chi connectivity index (χ0v) is 10.6. The molecule has 0 aliphatic heterocycles. The zero-order valence-electron chi connectivity index (χ0n) is 10.6. The fourth-order valence-corrected chi connectivity index (χ4v) is 1.56. The molecule has 1 rings (SSSR count). The van der Waals surface area contributed by atoms with Crippen LogP contribution in [0.2, 0.25) is 0 Å². The minimum atomic E-state index is -1.01. The van der Waals surface area contributed by atoms with Gasteiger partial charge in [-0.3, -0.25) is 19.7 Å². The van der Waals surface area contributed by atoms with Crippen molar-refractivity contribution < 1.29 is 24.0 Å². The third-order valence-electron chi connectivity index (χ3n) is 2.57. The molecule has 0 aliphatic carbocycles. The van der Waals surface area contributed by atoms with Gasteiger partial charge in [-0.15, -0.1) is 0 Å². The maximum Gasteiger partial charge on any atom is 0.303 e. The second-order valence-electron chi connectivity index (χ2n) is 4.23. The van der Waals surface area contributed by atoms with E-state index in [0.29, 0.717) is 0 Å². The molecule has 0 heterocycles. The van der Waals surface area contributed by atoms with Gasteiger partial charge in [-0.05, 0) is 25.5 Å². The second-order valence-corrected chi connectivity index (χ2v) is 4.23. The molecule has 0 radical (unpaired) electrons. The molecule has 1 aromatic carbocycles. The molecule has 20 heavy (non-hydrogen) atoms. The van der Waals surface area contributed by atoms with Crippen LogP contribution in [0.3, 0.4) is 0 Å². The predicted molar refractivity (Wildman–Crippen MR) is 66.9 cm³/mol. The summed E-state index contributed by atoms with van der Waals surface area (Å²) in [4.78, 5) is 32.2. The highest BCUT2D eigenvalue weighted by molar-refractivity contribution is 5.98. The number of rotatable bonds is 6. The van der Waals surface area contributed by atoms with Gasteiger partial charge >= 0.3 is 5.97 Å². The molecule has 1 atom stereocenters. The maximum absolute atomic E-state index is 13.1. The van der Waals surface area contributed by atoms with Crippen LogP contribution < -0.4 is 5.32 Å². The summed E-state index contributed by atoms with van der Waals surface area (Å²) in [6.07, 6.45) is 0.0247. The van der Waals surface area contributed by atoms with Crippen LogP contribution in [0.1, 0.15) is 30.1 Å². The van der Waals surface area contributed by atoms with Crippen molar-refractivity contribution >= 4 is 17.6 Å². The molecular formula is C12H13FN2O5. The molecule has 1 unspecified atom stereocenters. The highest BCUT2D eigenvalue weighted by Gasteiger charge is 2.22. The molecule has 0 saturated carbocycles. The first-order chi connectivity index (χ1) is 9.31. The van der Waals surface area contributed by atoms with Gasteiger partial charge in [-0.2, -0.15) is 0 Å². The first-order valence-corrected chi connectivity index (χ1v) is 5.78. The van der Waals surface area contributed by atoms with E-state index < -0.39 is 39.9 Å². The Kier molecular flexibility index (Phi) is 5.13. The smallest absolute Gasteiger partial charge is 0.303 e. The topological polar surface area (TPSA) is 110 Å². The zero-order chi connectivity index (χ0) is 15.3. The number of carbonyl (C=O) groups is 2. The fraction of sp³-hybridized carbons (Fsp3) is 0.333. The summed E-state index contributed by atoms with van der Waals surface area (Å²) >= 11 is 0. The first-order valence-electron chi connectivity index (χ1n) is 5.78. The number of carbonyl (C=O) groups excluding carboxylic acids is 1. The predicted octanol–water partition coefficient (Wildman–Crippen LogP) is 1.72. The van der Waals surface area contributed by atoms with E-state index in [2.05, 4.69) is 5.32 Å². The van der Waals surface area contributed by atoms with Gasteiger partial charge in [-0.25, -0.2) is 4.39 Å². The number of nitro groups is 1. The summed E-state index contributed by atoms with van der Waals surface area (Å²) in [6.45, 7) is 1.56. The maximum atomic E-state index is 13.1. The molecular weight excluding hydrogens is 271 g/mol. The molecule has 0 bridgehead atoms. The highest BCUT2D eigenvalue weighted by Crippen LogP contribution is 2.19. The van der Waals surface area contributed by atoms with Crippen molar-refractivity contribution in [2.24, 2.45) is 0 Å². The van der Waals surface area contributed by atoms with Crippen molar-refractivity contribution in [3.63, 3.8) is 0 Å². The van der Waals surface area contributed by atoms with Gasteiger partial charge in [0, 0.05) is 18.5 Å². The van der Waals surface area contributed by atoms with Gasteiger partial charge in [0.1, 0.15) is 11.4 Å². The third kappa shape index (κ3) is 4.30. The Balaban J connectivity index is 2.84. The van der Waals surface area contributed by atoms with Crippen LogP contribution in [-0.2, 0) is 4.79 Å². The molecule has 0 aromatic heterocycles. The summed E-state index contributed by atoms with van der Waals surface area (Å²) in [6, 6.07) is 2.08. The van der Waals surface area contributed by atoms with E-state index in [4.69, 9.17) is 5.11 Å². The lowest BCUT2D eigenvalue weighted by atomic mass is 10.1. The number of benzene rings is 1. The minimum Gasteiger partial charge on any atom is -0.481 e. The third-order valence-corrected chi connectivity index (χ3v) is 2.57. The minimum absolute atomic E-state index is 0.146. The van der Waals surface area contributed by atoms with Gasteiger partial charge in [0.05, 0.1) is 4.92 Å². The molecule has 1 amide bonds. The summed E-state index contributed by atoms with van der Waals surface area (Å²) in [5, 5.41) is 21.7. The van der Waals surface area contributed by atoms with Crippen LogP contribution in [0.5, 0.6) is 0 Å². The van der Waals surface area contributed by atoms with Crippen LogP contribution in [0.25, 0.3) is 0 Å². The number of nitrogens with zero attached hydrogens (tertiary/aromatic N) is 1. The Hall–Kier alpha value is -2.51. The molecule has 7 nitrogen and oxygen atoms in total. The number of aliphatic carboxylic acids is 1. The number of halogens is 1. The highest BCUT2D eigenvalue weighted by atomic mass is 19.1. The van der Waals surface area contributed by atoms with Gasteiger partial charge in [0.2, 0.25) is 0 Å². The number of carboxylic acids is 1. The van der Waals surface area contributed by atoms with Crippen LogP contribution in [0.4, 0.5) is 10.1 Å². The number of nitrogens with one attached hydrogen (secondary N) is 1. The SMILES string of the molecule is CC(CCC(=O)O)NC(=O)c1cc(F)ccc1[N+](=O)[O-]. The summed E-state index contributed by atoms with van der Waals surface area (Å²) in [5.41, 5.74) is -0.897. The Morgan fingerprint density at radius 1 is 1.50 bits per heavy atom. The van der Waals surface area contributed by atoms with E-state index in [-0.39, 0.29) is 12.8 Å². The Morgan fingerprint density at radius 3 is 2.70 bits per heavy atom. The number of nitro benzene ring substituents is 1. The van der Waals surface area contributed by atoms with Crippen molar-refractivity contribution in [2.75, 3.05) is 0 Å². The van der Waals surface area contributed by atoms with Gasteiger partial charge in [-0.1, -0.05) is 0 Å². The van der Waals surface area contributed by atoms with Crippen LogP contribution in [0, 0.1) is 15.9 Å². The van der Waals surface area contributed by atoms with Crippen LogP contribution >= 0.6 is 0 Å². The van der Waals surface area contributed by atoms with Crippen molar-refractivity contribution in [1.82, 2.24) is 5.32 Å². The van der Waals surface area contributed by atoms with E-state index in [1.165, 1.54) is 0 Å². The Bertz CT molecular complexity index is 547. The molecule has 108 valence electrons. The Labute approximate surface area is 113 Å². The van der Waals surface area contributed by atoms with Crippen molar-refractivity contribution in [2.45, 2.75) is 25.8 Å². The van der Waals surface area contributed by atoms with Gasteiger partial charge in [0.15, 0.2) is 0 Å². The molecule has 0 spiro atoms. The van der Waals surface area contributed by atoms with Gasteiger partial charge in [0.25, 0.3) is 11.6 Å². The average molecular weight is 284 g/mol. The van der Waals surface area contributed by atoms with Crippen LogP contribution in [-0.4, -0.2) is 27.9 Å². The van der Waals surface area contributed by atoms with E-state index >= 15 is 0 Å². The average Bonchev–Trinajstić information content (AvgIpc) is 2.35. The molecule has 0 fully saturated rings. The summed E-state index contributed by atoms with van der Waals surface area (Å²) in [7, 11) is 0. The second kappa shape index (κ2) is 6.60. The van der Waals surface area contributed by atoms with E-state index in [9.17, 15) is 24.1 Å². The lowest BCUT2D eigenvalue weighted by Gasteiger charge is -2.12. The number of carboxylic acid groups (broad SMARTS) is 1. The first kappa shape index (κ1) is 15.5. The van der Waals surface area contributed by atoms with Crippen molar-refractivity contribution in [3.05, 3.63) is 39.7 Å². The van der Waals surface area contributed by atoms with Gasteiger partial charge < -0.3 is 10.4 Å². The standard InChI is InChI=1S/C12H13FN2O5/c1-7(2-5-11(16)17)14-12(18)9-6-8(13)3-4-10(9)15(19)20/h3-4,6-7H,2,5H2,1H3,(H,14,18)(H,16,17). The number of hydrogen-bond acceptors (Lipinski definition) is 4. The van der Waals surface area contributed by atoms with Crippen molar-refractivity contribution in [3.8, 4) is 0 Å². The lowest BCUT2D eigenvalue weighted by molar-refractivity contribution is -0.385. The quantitative estimate of drug-likeness (QED) is 0.610. The normalized spacial score (nSPS) is 11.7. The lowest BCUT2D eigenvalue weighted by Crippen LogP contribution is -2.33. The molecule has 0 aliphatic rings. The molecule has 8 heteroatoms. The van der Waals surface area contributed by atoms with E-state index in [1.807, 2.05) is 0 Å². The van der Waals surface area contributed by atoms with E-state index in [0.717, 1.165) is 18.2 Å². The van der Waals surface area contributed by atoms with E-state index in [1.54, 1.807) is 6.92 Å². The molecule has 0 saturated heterocycles. The van der Waals surface area contributed by atoms with Crippen LogP contribution in [0.15, 0.2) is 18.2 Å². The number of hydrogen-bond donors (Lipinski definition) is 2. The molecule has 2 N–H and O–H groups in total. The van der Waals surface area contributed by atoms with Crippen molar-refractivity contribution in [1.29, 1.82) is 0 Å². The molecule has 1 aromatic rings. The number of amides is 1. The Morgan fingerprint density at radius 2 is 2.15 bits per heavy atom.